The van der Waals surface area contributed by atoms with Gasteiger partial charge < -0.3 is 14.8 Å². The number of aliphatic imine (C=N–C) groups is 1. The van der Waals surface area contributed by atoms with Crippen LogP contribution in [0.3, 0.4) is 0 Å². The Balaban J connectivity index is 1.54. The van der Waals surface area contributed by atoms with Gasteiger partial charge in [0.25, 0.3) is 10.0 Å². The van der Waals surface area contributed by atoms with Crippen LogP contribution in [0, 0.1) is 0 Å². The molecule has 1 heterocycles. The van der Waals surface area contributed by atoms with Crippen molar-refractivity contribution in [1.82, 2.24) is 14.9 Å². The van der Waals surface area contributed by atoms with Crippen LogP contribution < -0.4 is 19.5 Å². The van der Waals surface area contributed by atoms with E-state index < -0.39 is 10.0 Å². The first kappa shape index (κ1) is 20.0. The first-order valence-corrected chi connectivity index (χ1v) is 10.3. The quantitative estimate of drug-likeness (QED) is 0.725. The Kier molecular flexibility index (Phi) is 6.37. The van der Waals surface area contributed by atoms with Gasteiger partial charge in [-0.15, -0.1) is 0 Å². The monoisotopic (exact) mass is 404 g/mol. The molecule has 9 heteroatoms. The molecule has 28 heavy (non-hydrogen) atoms. The van der Waals surface area contributed by atoms with Crippen molar-refractivity contribution in [2.24, 2.45) is 4.99 Å². The summed E-state index contributed by atoms with van der Waals surface area (Å²) in [5.41, 5.74) is 1.12. The Morgan fingerprint density at radius 3 is 2.50 bits per heavy atom. The van der Waals surface area contributed by atoms with Crippen molar-refractivity contribution in [1.29, 1.82) is 0 Å². The minimum atomic E-state index is -3.63. The zero-order valence-corrected chi connectivity index (χ0v) is 16.7. The lowest BCUT2D eigenvalue weighted by Gasteiger charge is -2.27. The van der Waals surface area contributed by atoms with Crippen LogP contribution >= 0.6 is 0 Å². The lowest BCUT2D eigenvalue weighted by molar-refractivity contribution is 0.266. The summed E-state index contributed by atoms with van der Waals surface area (Å²) in [5, 5.41) is 3.01. The zero-order valence-electron chi connectivity index (χ0n) is 15.9. The predicted octanol–water partition coefficient (Wildman–Crippen LogP) is 1.40. The molecule has 2 aromatic rings. The molecule has 0 fully saturated rings. The molecule has 0 bridgehead atoms. The van der Waals surface area contributed by atoms with E-state index in [2.05, 4.69) is 19.9 Å². The van der Waals surface area contributed by atoms with E-state index in [4.69, 9.17) is 9.47 Å². The van der Waals surface area contributed by atoms with Crippen molar-refractivity contribution in [3.63, 3.8) is 0 Å². The van der Waals surface area contributed by atoms with E-state index in [1.165, 1.54) is 0 Å². The average Bonchev–Trinajstić information content (AvgIpc) is 2.73. The zero-order chi connectivity index (χ0) is 20.0. The molecule has 2 N–H and O–H groups in total. The fourth-order valence-electron chi connectivity index (χ4n) is 2.79. The van der Waals surface area contributed by atoms with Crippen LogP contribution in [0.15, 0.2) is 58.4 Å². The highest BCUT2D eigenvalue weighted by atomic mass is 32.2. The normalized spacial score (nSPS) is 14.7. The molecule has 150 valence electrons. The molecule has 3 rings (SSSR count). The van der Waals surface area contributed by atoms with Crippen LogP contribution in [-0.2, 0) is 16.4 Å². The largest absolute Gasteiger partial charge is 0.493 e. The minimum absolute atomic E-state index is 0.204. The van der Waals surface area contributed by atoms with E-state index in [1.807, 2.05) is 18.2 Å². The summed E-state index contributed by atoms with van der Waals surface area (Å²) < 4.78 is 37.7. The Bertz CT molecular complexity index is 932. The van der Waals surface area contributed by atoms with E-state index in [9.17, 15) is 8.42 Å². The summed E-state index contributed by atoms with van der Waals surface area (Å²) in [4.78, 5) is 6.58. The lowest BCUT2D eigenvalue weighted by Crippen LogP contribution is -2.50. The van der Waals surface area contributed by atoms with E-state index in [0.29, 0.717) is 24.8 Å². The number of nitrogens with zero attached hydrogens (tertiary/aromatic N) is 2. The number of benzene rings is 2. The van der Waals surface area contributed by atoms with Crippen molar-refractivity contribution < 1.29 is 17.9 Å². The Hall–Kier alpha value is -2.78. The van der Waals surface area contributed by atoms with Gasteiger partial charge in [0.05, 0.1) is 32.5 Å². The van der Waals surface area contributed by atoms with Crippen LogP contribution in [0.25, 0.3) is 0 Å². The lowest BCUT2D eigenvalue weighted by atomic mass is 10.1. The molecule has 0 saturated heterocycles. The Morgan fingerprint density at radius 2 is 1.86 bits per heavy atom. The second kappa shape index (κ2) is 8.94. The molecule has 0 unspecified atom stereocenters. The van der Waals surface area contributed by atoms with Crippen molar-refractivity contribution in [3.05, 3.63) is 54.1 Å². The second-order valence-corrected chi connectivity index (χ2v) is 7.92. The maximum Gasteiger partial charge on any atom is 0.264 e. The highest BCUT2D eigenvalue weighted by Crippen LogP contribution is 2.27. The summed E-state index contributed by atoms with van der Waals surface area (Å²) >= 11 is 0. The van der Waals surface area contributed by atoms with Gasteiger partial charge >= 0.3 is 0 Å². The Labute approximate surface area is 165 Å². The highest BCUT2D eigenvalue weighted by Gasteiger charge is 2.19. The number of hydrogen-bond acceptors (Lipinski definition) is 7. The molecular formula is C19H24N4O4S. The van der Waals surface area contributed by atoms with Gasteiger partial charge in [-0.25, -0.2) is 18.1 Å². The van der Waals surface area contributed by atoms with Crippen LogP contribution in [0.5, 0.6) is 11.5 Å². The van der Waals surface area contributed by atoms with E-state index in [1.54, 1.807) is 44.6 Å². The number of guanidine groups is 1. The van der Waals surface area contributed by atoms with E-state index in [-0.39, 0.29) is 10.9 Å². The molecule has 1 aliphatic heterocycles. The van der Waals surface area contributed by atoms with Crippen molar-refractivity contribution in [2.45, 2.75) is 11.3 Å². The molecule has 0 spiro atoms. The summed E-state index contributed by atoms with van der Waals surface area (Å²) in [6.07, 6.45) is 0.808. The van der Waals surface area contributed by atoms with Gasteiger partial charge in [0.15, 0.2) is 11.5 Å². The van der Waals surface area contributed by atoms with Crippen LogP contribution in [0.1, 0.15) is 5.56 Å². The smallest absolute Gasteiger partial charge is 0.264 e. The van der Waals surface area contributed by atoms with Gasteiger partial charge in [0.2, 0.25) is 5.96 Å². The van der Waals surface area contributed by atoms with Gasteiger partial charge in [-0.3, -0.25) is 4.90 Å². The standard InChI is InChI=1S/C19H24N4O4S/c1-26-17-9-8-15(12-18(17)27-2)10-11-23-13-20-19(21-14-23)22-28(24,25)16-6-4-3-5-7-16/h3-9,12H,10-11,13-14H2,1-2H3,(H2,20,21,22). The second-order valence-electron chi connectivity index (χ2n) is 6.24. The maximum atomic E-state index is 12.3. The van der Waals surface area contributed by atoms with Crippen molar-refractivity contribution >= 4 is 16.0 Å². The summed E-state index contributed by atoms with van der Waals surface area (Å²) in [5.74, 6) is 1.66. The van der Waals surface area contributed by atoms with Gasteiger partial charge in [-0.1, -0.05) is 24.3 Å². The van der Waals surface area contributed by atoms with Crippen molar-refractivity contribution in [2.75, 3.05) is 34.1 Å². The third-order valence-electron chi connectivity index (χ3n) is 4.35. The molecule has 0 radical (unpaired) electrons. The van der Waals surface area contributed by atoms with Crippen LogP contribution in [0.2, 0.25) is 0 Å². The third-order valence-corrected chi connectivity index (χ3v) is 5.70. The first-order chi connectivity index (χ1) is 13.5. The molecule has 2 aromatic carbocycles. The number of rotatable bonds is 7. The molecule has 0 saturated carbocycles. The summed E-state index contributed by atoms with van der Waals surface area (Å²) in [7, 11) is -0.411. The topological polar surface area (TPSA) is 92.3 Å². The fraction of sp³-hybridized carbons (Fsp3) is 0.316. The maximum absolute atomic E-state index is 12.3. The first-order valence-electron chi connectivity index (χ1n) is 8.81. The number of nitrogens with one attached hydrogen (secondary N) is 2. The number of ether oxygens (including phenoxy) is 2. The van der Waals surface area contributed by atoms with Gasteiger partial charge in [0, 0.05) is 6.54 Å². The Morgan fingerprint density at radius 1 is 1.11 bits per heavy atom. The third kappa shape index (κ3) is 4.93. The number of hydrogen-bond donors (Lipinski definition) is 2. The SMILES string of the molecule is COc1ccc(CCN2CN=C(NS(=O)(=O)c3ccccc3)NC2)cc1OC. The van der Waals surface area contributed by atoms with Crippen molar-refractivity contribution in [3.8, 4) is 11.5 Å². The van der Waals surface area contributed by atoms with Gasteiger partial charge in [0.1, 0.15) is 0 Å². The number of methoxy groups -OCH3 is 2. The molecule has 8 nitrogen and oxygen atoms in total. The molecule has 1 aliphatic rings. The fourth-order valence-corrected chi connectivity index (χ4v) is 3.82. The summed E-state index contributed by atoms with van der Waals surface area (Å²) in [6, 6.07) is 14.1. The van der Waals surface area contributed by atoms with Crippen LogP contribution in [-0.4, -0.2) is 53.4 Å². The molecule has 0 amide bonds. The summed E-state index contributed by atoms with van der Waals surface area (Å²) in [6.45, 7) is 1.68. The molecule has 0 aromatic heterocycles. The van der Waals surface area contributed by atoms with E-state index in [0.717, 1.165) is 18.5 Å². The highest BCUT2D eigenvalue weighted by molar-refractivity contribution is 7.90. The number of sulfonamides is 1. The average molecular weight is 404 g/mol. The van der Waals surface area contributed by atoms with E-state index >= 15 is 0 Å². The minimum Gasteiger partial charge on any atom is -0.493 e. The van der Waals surface area contributed by atoms with Crippen LogP contribution in [0.4, 0.5) is 0 Å². The van der Waals surface area contributed by atoms with Gasteiger partial charge in [-0.2, -0.15) is 0 Å². The molecular weight excluding hydrogens is 380 g/mol. The molecule has 0 atom stereocenters. The van der Waals surface area contributed by atoms with Gasteiger partial charge in [-0.05, 0) is 36.2 Å². The molecule has 0 aliphatic carbocycles. The predicted molar refractivity (Wildman–Crippen MR) is 107 cm³/mol.